The molecule has 3 aliphatic carbocycles. The smallest absolute Gasteiger partial charge is 0.236 e. The molecule has 2 aromatic carbocycles. The monoisotopic (exact) mass is 304 g/mol. The number of hydrazone groups is 1. The van der Waals surface area contributed by atoms with Gasteiger partial charge in [0.2, 0.25) is 5.91 Å². The van der Waals surface area contributed by atoms with Gasteiger partial charge in [0, 0.05) is 30.4 Å². The van der Waals surface area contributed by atoms with Crippen LogP contribution in [-0.2, 0) is 4.79 Å². The first kappa shape index (κ1) is 14.2. The molecule has 0 saturated heterocycles. The number of rotatable bonds is 2. The summed E-state index contributed by atoms with van der Waals surface area (Å²) in [4.78, 5) is 11.2. The third kappa shape index (κ3) is 2.19. The fourth-order valence-corrected chi connectivity index (χ4v) is 4.30. The van der Waals surface area contributed by atoms with Crippen molar-refractivity contribution in [1.29, 1.82) is 0 Å². The van der Waals surface area contributed by atoms with E-state index in [2.05, 4.69) is 59.1 Å². The third-order valence-electron chi connectivity index (χ3n) is 5.23. The van der Waals surface area contributed by atoms with E-state index in [1.807, 2.05) is 6.92 Å². The molecular formula is C20H20N2O. The van der Waals surface area contributed by atoms with E-state index in [0.717, 1.165) is 12.1 Å². The van der Waals surface area contributed by atoms with Gasteiger partial charge in [0.05, 0.1) is 0 Å². The number of hydrogen-bond donors (Lipinski definition) is 1. The van der Waals surface area contributed by atoms with Crippen molar-refractivity contribution in [3.05, 3.63) is 70.8 Å². The number of amides is 1. The van der Waals surface area contributed by atoms with Gasteiger partial charge in [-0.25, -0.2) is 5.43 Å². The Balaban J connectivity index is 1.83. The second-order valence-corrected chi connectivity index (χ2v) is 6.55. The van der Waals surface area contributed by atoms with Gasteiger partial charge in [-0.2, -0.15) is 5.10 Å². The molecule has 0 fully saturated rings. The first-order chi connectivity index (χ1) is 11.2. The summed E-state index contributed by atoms with van der Waals surface area (Å²) in [6.45, 7) is 3.53. The largest absolute Gasteiger partial charge is 0.274 e. The van der Waals surface area contributed by atoms with Crippen molar-refractivity contribution in [3.63, 3.8) is 0 Å². The summed E-state index contributed by atoms with van der Waals surface area (Å²) in [5.41, 5.74) is 9.37. The second-order valence-electron chi connectivity index (χ2n) is 6.55. The Kier molecular flexibility index (Phi) is 3.29. The summed E-state index contributed by atoms with van der Waals surface area (Å²) in [5, 5.41) is 4.33. The van der Waals surface area contributed by atoms with Crippen LogP contribution in [0.5, 0.6) is 0 Å². The summed E-state index contributed by atoms with van der Waals surface area (Å²) >= 11 is 0. The zero-order chi connectivity index (χ0) is 16.0. The van der Waals surface area contributed by atoms with Crippen molar-refractivity contribution in [1.82, 2.24) is 5.43 Å². The number of hydrogen-bond acceptors (Lipinski definition) is 2. The second kappa shape index (κ2) is 5.34. The highest BCUT2D eigenvalue weighted by molar-refractivity contribution is 5.88. The van der Waals surface area contributed by atoms with Gasteiger partial charge in [-0.05, 0) is 35.6 Å². The van der Waals surface area contributed by atoms with Crippen LogP contribution in [0.4, 0.5) is 0 Å². The molecule has 3 heteroatoms. The standard InChI is InChI=1S/C20H20N2O/c1-12(21-22-13(2)23)18-11-19-14-7-3-5-9-16(14)20(18)17-10-6-4-8-15(17)19/h3-10,18-20H,11H2,1-2H3,(H,22,23)/t18-,19?,20?/m1/s1. The highest BCUT2D eigenvalue weighted by atomic mass is 16.2. The molecule has 5 rings (SSSR count). The zero-order valence-electron chi connectivity index (χ0n) is 13.4. The van der Waals surface area contributed by atoms with E-state index in [9.17, 15) is 4.79 Å². The van der Waals surface area contributed by atoms with Crippen LogP contribution in [0, 0.1) is 5.92 Å². The van der Waals surface area contributed by atoms with Crippen molar-refractivity contribution in [2.24, 2.45) is 11.0 Å². The predicted octanol–water partition coefficient (Wildman–Crippen LogP) is 3.80. The quantitative estimate of drug-likeness (QED) is 0.665. The van der Waals surface area contributed by atoms with Crippen molar-refractivity contribution < 1.29 is 4.79 Å². The van der Waals surface area contributed by atoms with Gasteiger partial charge in [-0.1, -0.05) is 48.5 Å². The van der Waals surface area contributed by atoms with Crippen LogP contribution in [0.1, 0.15) is 54.4 Å². The molecule has 1 atom stereocenters. The summed E-state index contributed by atoms with van der Waals surface area (Å²) in [6, 6.07) is 17.5. The molecule has 0 saturated carbocycles. The van der Waals surface area contributed by atoms with E-state index in [-0.39, 0.29) is 5.91 Å². The number of carbonyl (C=O) groups is 1. The average Bonchev–Trinajstić information content (AvgIpc) is 2.59. The van der Waals surface area contributed by atoms with E-state index in [1.54, 1.807) is 0 Å². The highest BCUT2D eigenvalue weighted by Crippen LogP contribution is 2.55. The highest BCUT2D eigenvalue weighted by Gasteiger charge is 2.44. The molecule has 3 aliphatic rings. The molecule has 0 unspecified atom stereocenters. The molecule has 0 aromatic heterocycles. The van der Waals surface area contributed by atoms with Gasteiger partial charge < -0.3 is 0 Å². The Morgan fingerprint density at radius 1 is 0.957 bits per heavy atom. The lowest BCUT2D eigenvalue weighted by Crippen LogP contribution is -2.36. The van der Waals surface area contributed by atoms with Gasteiger partial charge in [-0.3, -0.25) is 4.79 Å². The maximum absolute atomic E-state index is 11.2. The van der Waals surface area contributed by atoms with Crippen molar-refractivity contribution in [3.8, 4) is 0 Å². The Morgan fingerprint density at radius 2 is 1.48 bits per heavy atom. The SMILES string of the molecule is CC(=O)NN=C(C)[C@H]1CC2c3ccccc3C1c1ccccc12. The van der Waals surface area contributed by atoms with Crippen LogP contribution in [0.3, 0.4) is 0 Å². The van der Waals surface area contributed by atoms with Crippen molar-refractivity contribution in [2.75, 3.05) is 0 Å². The molecular weight excluding hydrogens is 284 g/mol. The van der Waals surface area contributed by atoms with Crippen LogP contribution in [-0.4, -0.2) is 11.6 Å². The van der Waals surface area contributed by atoms with Gasteiger partial charge in [0.25, 0.3) is 0 Å². The Morgan fingerprint density at radius 3 is 2.00 bits per heavy atom. The molecule has 0 radical (unpaired) electrons. The van der Waals surface area contributed by atoms with E-state index in [1.165, 1.54) is 29.2 Å². The maximum atomic E-state index is 11.2. The summed E-state index contributed by atoms with van der Waals surface area (Å²) in [5.74, 6) is 0.993. The Labute approximate surface area is 136 Å². The minimum atomic E-state index is -0.119. The van der Waals surface area contributed by atoms with Crippen LogP contribution in [0.25, 0.3) is 0 Å². The lowest BCUT2D eigenvalue weighted by Gasteiger charge is -2.45. The summed E-state index contributed by atoms with van der Waals surface area (Å²) in [7, 11) is 0. The topological polar surface area (TPSA) is 41.5 Å². The van der Waals surface area contributed by atoms with E-state index in [0.29, 0.717) is 17.8 Å². The molecule has 116 valence electrons. The molecule has 0 heterocycles. The molecule has 1 amide bonds. The van der Waals surface area contributed by atoms with Gasteiger partial charge in [0.15, 0.2) is 0 Å². The van der Waals surface area contributed by atoms with Gasteiger partial charge in [-0.15, -0.1) is 0 Å². The van der Waals surface area contributed by atoms with E-state index < -0.39 is 0 Å². The Bertz CT molecular complexity index is 761. The van der Waals surface area contributed by atoms with Gasteiger partial charge in [0.1, 0.15) is 0 Å². The first-order valence-electron chi connectivity index (χ1n) is 8.15. The lowest BCUT2D eigenvalue weighted by molar-refractivity contribution is -0.118. The number of nitrogens with one attached hydrogen (secondary N) is 1. The Hall–Kier alpha value is -2.42. The molecule has 3 nitrogen and oxygen atoms in total. The fraction of sp³-hybridized carbons (Fsp3) is 0.300. The van der Waals surface area contributed by atoms with Crippen molar-refractivity contribution >= 4 is 11.6 Å². The van der Waals surface area contributed by atoms with Crippen LogP contribution in [0.2, 0.25) is 0 Å². The minimum absolute atomic E-state index is 0.119. The predicted molar refractivity (Wildman–Crippen MR) is 91.6 cm³/mol. The first-order valence-corrected chi connectivity index (χ1v) is 8.15. The summed E-state index contributed by atoms with van der Waals surface area (Å²) < 4.78 is 0. The third-order valence-corrected chi connectivity index (χ3v) is 5.23. The van der Waals surface area contributed by atoms with Crippen LogP contribution >= 0.6 is 0 Å². The fourth-order valence-electron chi connectivity index (χ4n) is 4.30. The maximum Gasteiger partial charge on any atom is 0.236 e. The van der Waals surface area contributed by atoms with E-state index in [4.69, 9.17) is 0 Å². The van der Waals surface area contributed by atoms with Crippen molar-refractivity contribution in [2.45, 2.75) is 32.1 Å². The molecule has 23 heavy (non-hydrogen) atoms. The number of carbonyl (C=O) groups excluding carboxylic acids is 1. The lowest BCUT2D eigenvalue weighted by atomic mass is 9.58. The summed E-state index contributed by atoms with van der Waals surface area (Å²) in [6.07, 6.45) is 1.06. The van der Waals surface area contributed by atoms with Crippen LogP contribution in [0.15, 0.2) is 53.6 Å². The number of fused-ring (bicyclic) bond motifs is 1. The molecule has 2 aromatic rings. The van der Waals surface area contributed by atoms with Crippen LogP contribution < -0.4 is 5.43 Å². The zero-order valence-corrected chi connectivity index (χ0v) is 13.4. The molecule has 0 spiro atoms. The average molecular weight is 304 g/mol. The molecule has 2 bridgehead atoms. The number of nitrogens with zero attached hydrogens (tertiary/aromatic N) is 1. The minimum Gasteiger partial charge on any atom is -0.274 e. The van der Waals surface area contributed by atoms with Gasteiger partial charge >= 0.3 is 0 Å². The normalized spacial score (nSPS) is 24.8. The van der Waals surface area contributed by atoms with E-state index >= 15 is 0 Å². The molecule has 0 aliphatic heterocycles. The molecule has 1 N–H and O–H groups in total. The number of benzene rings is 2.